The summed E-state index contributed by atoms with van der Waals surface area (Å²) in [6, 6.07) is 0. The summed E-state index contributed by atoms with van der Waals surface area (Å²) in [5.74, 6) is -3.62. The molecule has 1 aliphatic rings. The lowest BCUT2D eigenvalue weighted by molar-refractivity contribution is -0.130. The number of carbonyl (C=O) groups is 2. The summed E-state index contributed by atoms with van der Waals surface area (Å²) in [7, 11) is 0. The van der Waals surface area contributed by atoms with Crippen LogP contribution >= 0.6 is 0 Å². The van der Waals surface area contributed by atoms with E-state index in [1.807, 2.05) is 0 Å². The predicted octanol–water partition coefficient (Wildman–Crippen LogP) is 1.94. The Bertz CT molecular complexity index is 368. The van der Waals surface area contributed by atoms with Crippen LogP contribution in [0.25, 0.3) is 0 Å². The third-order valence-electron chi connectivity index (χ3n) is 3.05. The summed E-state index contributed by atoms with van der Waals surface area (Å²) < 4.78 is 31.3. The van der Waals surface area contributed by atoms with Crippen molar-refractivity contribution >= 4 is 12.0 Å². The van der Waals surface area contributed by atoms with E-state index in [9.17, 15) is 18.4 Å². The Kier molecular flexibility index (Phi) is 4.07. The van der Waals surface area contributed by atoms with E-state index in [1.54, 1.807) is 20.8 Å². The first-order chi connectivity index (χ1) is 8.46. The lowest BCUT2D eigenvalue weighted by Gasteiger charge is -2.38. The third kappa shape index (κ3) is 4.33. The fourth-order valence-corrected chi connectivity index (χ4v) is 1.97. The van der Waals surface area contributed by atoms with Gasteiger partial charge in [-0.15, -0.1) is 0 Å². The van der Waals surface area contributed by atoms with Crippen LogP contribution in [-0.2, 0) is 9.53 Å². The second-order valence-electron chi connectivity index (χ2n) is 5.93. The van der Waals surface area contributed by atoms with Gasteiger partial charge in [0.2, 0.25) is 11.8 Å². The average molecular weight is 278 g/mol. The minimum atomic E-state index is -2.81. The number of hydrogen-bond acceptors (Lipinski definition) is 3. The highest BCUT2D eigenvalue weighted by Gasteiger charge is 2.48. The number of nitrogens with one attached hydrogen (secondary N) is 1. The molecule has 2 amide bonds. The van der Waals surface area contributed by atoms with E-state index in [-0.39, 0.29) is 12.8 Å². The molecule has 0 spiro atoms. The molecule has 0 heterocycles. The van der Waals surface area contributed by atoms with Crippen LogP contribution in [0, 0.1) is 0 Å². The van der Waals surface area contributed by atoms with Crippen LogP contribution in [0.1, 0.15) is 46.5 Å². The Hall–Kier alpha value is -1.40. The van der Waals surface area contributed by atoms with Crippen LogP contribution in [0.2, 0.25) is 0 Å². The van der Waals surface area contributed by atoms with Gasteiger partial charge in [0.25, 0.3) is 0 Å². The van der Waals surface area contributed by atoms with Crippen molar-refractivity contribution in [2.45, 2.75) is 63.5 Å². The van der Waals surface area contributed by atoms with Gasteiger partial charge in [0.1, 0.15) is 11.1 Å². The highest BCUT2D eigenvalue weighted by molar-refractivity contribution is 5.88. The molecule has 110 valence electrons. The summed E-state index contributed by atoms with van der Waals surface area (Å²) in [6.45, 7) is 5.00. The molecule has 0 atom stereocenters. The molecule has 0 aromatic rings. The first-order valence-electron chi connectivity index (χ1n) is 6.15. The van der Waals surface area contributed by atoms with Gasteiger partial charge in [0, 0.05) is 12.8 Å². The number of halogens is 2. The van der Waals surface area contributed by atoms with E-state index < -0.39 is 41.9 Å². The molecule has 1 saturated carbocycles. The SMILES string of the molecule is CC(C)(C)OC(=O)NC1(C(N)=O)CCC(F)(F)CC1. The maximum atomic E-state index is 13.1. The van der Waals surface area contributed by atoms with Crippen molar-refractivity contribution in [3.05, 3.63) is 0 Å². The van der Waals surface area contributed by atoms with Gasteiger partial charge in [-0.1, -0.05) is 0 Å². The number of amides is 2. The van der Waals surface area contributed by atoms with Gasteiger partial charge in [-0.05, 0) is 33.6 Å². The molecule has 7 heteroatoms. The molecular weight excluding hydrogens is 258 g/mol. The van der Waals surface area contributed by atoms with Crippen molar-refractivity contribution < 1.29 is 23.1 Å². The Morgan fingerprint density at radius 2 is 1.63 bits per heavy atom. The van der Waals surface area contributed by atoms with Crippen molar-refractivity contribution in [2.75, 3.05) is 0 Å². The zero-order valence-corrected chi connectivity index (χ0v) is 11.4. The van der Waals surface area contributed by atoms with Crippen molar-refractivity contribution in [1.29, 1.82) is 0 Å². The van der Waals surface area contributed by atoms with E-state index in [1.165, 1.54) is 0 Å². The number of ether oxygens (including phenoxy) is 1. The topological polar surface area (TPSA) is 81.4 Å². The van der Waals surface area contributed by atoms with E-state index in [2.05, 4.69) is 5.32 Å². The van der Waals surface area contributed by atoms with Crippen molar-refractivity contribution in [3.8, 4) is 0 Å². The Balaban J connectivity index is 2.75. The van der Waals surface area contributed by atoms with Crippen LogP contribution in [0.5, 0.6) is 0 Å². The maximum absolute atomic E-state index is 13.1. The summed E-state index contributed by atoms with van der Waals surface area (Å²) in [5.41, 5.74) is 3.07. The number of alkyl carbamates (subject to hydrolysis) is 1. The molecule has 0 aromatic carbocycles. The van der Waals surface area contributed by atoms with Gasteiger partial charge in [0.05, 0.1) is 0 Å². The molecule has 0 aliphatic heterocycles. The largest absolute Gasteiger partial charge is 0.444 e. The Morgan fingerprint density at radius 1 is 1.16 bits per heavy atom. The van der Waals surface area contributed by atoms with Gasteiger partial charge in [-0.25, -0.2) is 13.6 Å². The van der Waals surface area contributed by atoms with Gasteiger partial charge < -0.3 is 15.8 Å². The first-order valence-corrected chi connectivity index (χ1v) is 6.15. The number of primary amides is 1. The molecule has 19 heavy (non-hydrogen) atoms. The van der Waals surface area contributed by atoms with Gasteiger partial charge in [-0.2, -0.15) is 0 Å². The van der Waals surface area contributed by atoms with E-state index in [4.69, 9.17) is 10.5 Å². The molecule has 1 aliphatic carbocycles. The second-order valence-corrected chi connectivity index (χ2v) is 5.93. The van der Waals surface area contributed by atoms with Crippen molar-refractivity contribution in [3.63, 3.8) is 0 Å². The molecule has 0 unspecified atom stereocenters. The van der Waals surface area contributed by atoms with Crippen LogP contribution < -0.4 is 11.1 Å². The molecule has 0 saturated heterocycles. The van der Waals surface area contributed by atoms with Gasteiger partial charge >= 0.3 is 6.09 Å². The number of nitrogens with two attached hydrogens (primary N) is 1. The predicted molar refractivity (Wildman–Crippen MR) is 64.7 cm³/mol. The fourth-order valence-electron chi connectivity index (χ4n) is 1.97. The highest BCUT2D eigenvalue weighted by atomic mass is 19.3. The zero-order valence-electron chi connectivity index (χ0n) is 11.4. The molecule has 0 aromatic heterocycles. The van der Waals surface area contributed by atoms with Crippen LogP contribution in [0.3, 0.4) is 0 Å². The quantitative estimate of drug-likeness (QED) is 0.810. The third-order valence-corrected chi connectivity index (χ3v) is 3.05. The Morgan fingerprint density at radius 3 is 2.00 bits per heavy atom. The molecule has 1 fully saturated rings. The summed E-state index contributed by atoms with van der Waals surface area (Å²) >= 11 is 0. The lowest BCUT2D eigenvalue weighted by Crippen LogP contribution is -2.60. The normalized spacial score (nSPS) is 21.5. The number of rotatable bonds is 2. The summed E-state index contributed by atoms with van der Waals surface area (Å²) in [6.07, 6.45) is -2.16. The maximum Gasteiger partial charge on any atom is 0.408 e. The van der Waals surface area contributed by atoms with Crippen LogP contribution in [0.15, 0.2) is 0 Å². The highest BCUT2D eigenvalue weighted by Crippen LogP contribution is 2.38. The first kappa shape index (κ1) is 15.7. The minimum absolute atomic E-state index is 0.186. The second kappa shape index (κ2) is 4.94. The number of alkyl halides is 2. The standard InChI is InChI=1S/C12H20F2N2O3/c1-10(2,3)19-9(18)16-11(8(15)17)4-6-12(13,14)7-5-11/h4-7H2,1-3H3,(H2,15,17)(H,16,18). The lowest BCUT2D eigenvalue weighted by atomic mass is 9.79. The van der Waals surface area contributed by atoms with Crippen LogP contribution in [-0.4, -0.2) is 29.1 Å². The van der Waals surface area contributed by atoms with Gasteiger partial charge in [0.15, 0.2) is 0 Å². The molecule has 1 rings (SSSR count). The van der Waals surface area contributed by atoms with E-state index in [0.717, 1.165) is 0 Å². The molecule has 5 nitrogen and oxygen atoms in total. The molecular formula is C12H20F2N2O3. The smallest absolute Gasteiger partial charge is 0.408 e. The van der Waals surface area contributed by atoms with E-state index in [0.29, 0.717) is 0 Å². The monoisotopic (exact) mass is 278 g/mol. The van der Waals surface area contributed by atoms with Gasteiger partial charge in [-0.3, -0.25) is 4.79 Å². The van der Waals surface area contributed by atoms with E-state index >= 15 is 0 Å². The fraction of sp³-hybridized carbons (Fsp3) is 0.833. The Labute approximate surface area is 110 Å². The van der Waals surface area contributed by atoms with Crippen molar-refractivity contribution in [1.82, 2.24) is 5.32 Å². The average Bonchev–Trinajstić information content (AvgIpc) is 2.18. The molecule has 0 bridgehead atoms. The van der Waals surface area contributed by atoms with Crippen LogP contribution in [0.4, 0.5) is 13.6 Å². The number of hydrogen-bond donors (Lipinski definition) is 2. The minimum Gasteiger partial charge on any atom is -0.444 e. The number of carbonyl (C=O) groups excluding carboxylic acids is 2. The van der Waals surface area contributed by atoms with Crippen molar-refractivity contribution in [2.24, 2.45) is 5.73 Å². The molecule has 3 N–H and O–H groups in total. The summed E-state index contributed by atoms with van der Waals surface area (Å²) in [4.78, 5) is 23.2. The molecule has 0 radical (unpaired) electrons. The zero-order chi connectivity index (χ0) is 14.9. The summed E-state index contributed by atoms with van der Waals surface area (Å²) in [5, 5.41) is 2.36.